The fraction of sp³-hybridized carbons (Fsp3) is 0.500. The Morgan fingerprint density at radius 2 is 2.14 bits per heavy atom. The van der Waals surface area contributed by atoms with Gasteiger partial charge in [-0.2, -0.15) is 0 Å². The van der Waals surface area contributed by atoms with Gasteiger partial charge in [-0.1, -0.05) is 0 Å². The second-order valence-corrected chi connectivity index (χ2v) is 5.33. The molecule has 1 aliphatic heterocycles. The third-order valence-corrected chi connectivity index (χ3v) is 3.83. The number of carbonyl (C=O) groups is 1. The first-order chi connectivity index (χ1) is 9.99. The molecule has 2 rings (SSSR count). The molecule has 3 N–H and O–H groups in total. The van der Waals surface area contributed by atoms with Gasteiger partial charge < -0.3 is 11.1 Å². The Hall–Kier alpha value is -2.15. The van der Waals surface area contributed by atoms with E-state index in [4.69, 9.17) is 5.73 Å². The highest BCUT2D eigenvalue weighted by molar-refractivity contribution is 5.94. The lowest BCUT2D eigenvalue weighted by Gasteiger charge is -2.24. The number of nitrogens with two attached hydrogens (primary N) is 1. The summed E-state index contributed by atoms with van der Waals surface area (Å²) in [6.07, 6.45) is 2.39. The number of hydrogen-bond acceptors (Lipinski definition) is 5. The number of benzene rings is 1. The molecule has 1 unspecified atom stereocenters. The Bertz CT molecular complexity index is 541. The van der Waals surface area contributed by atoms with Crippen molar-refractivity contribution in [2.45, 2.75) is 25.8 Å². The largest absolute Gasteiger partial charge is 0.378 e. The number of nitro benzene ring substituents is 1. The molecule has 7 heteroatoms. The van der Waals surface area contributed by atoms with Gasteiger partial charge in [0.05, 0.1) is 4.92 Å². The van der Waals surface area contributed by atoms with Crippen molar-refractivity contribution in [2.75, 3.05) is 25.0 Å². The van der Waals surface area contributed by atoms with Gasteiger partial charge in [-0.25, -0.2) is 0 Å². The topological polar surface area (TPSA) is 101 Å². The van der Waals surface area contributed by atoms with Crippen molar-refractivity contribution in [1.82, 2.24) is 4.90 Å². The molecule has 21 heavy (non-hydrogen) atoms. The third kappa shape index (κ3) is 3.69. The summed E-state index contributed by atoms with van der Waals surface area (Å²) in [6.45, 7) is 4.80. The van der Waals surface area contributed by atoms with Crippen molar-refractivity contribution < 1.29 is 9.72 Å². The maximum atomic E-state index is 11.2. The van der Waals surface area contributed by atoms with Crippen molar-refractivity contribution in [3.05, 3.63) is 33.9 Å². The van der Waals surface area contributed by atoms with Crippen molar-refractivity contribution in [1.29, 1.82) is 0 Å². The van der Waals surface area contributed by atoms with E-state index in [0.29, 0.717) is 12.2 Å². The predicted molar refractivity (Wildman–Crippen MR) is 80.4 cm³/mol. The standard InChI is InChI=1S/C14H20N4O3/c1-10(17-6-2-3-7-17)9-16-12-8-11(14(15)19)4-5-13(12)18(20)21/h4-5,8,10,16H,2-3,6-7,9H2,1H3,(H2,15,19). The van der Waals surface area contributed by atoms with Crippen LogP contribution in [0.4, 0.5) is 11.4 Å². The normalized spacial score (nSPS) is 16.6. The summed E-state index contributed by atoms with van der Waals surface area (Å²) in [5, 5.41) is 14.1. The zero-order chi connectivity index (χ0) is 15.4. The average molecular weight is 292 g/mol. The van der Waals surface area contributed by atoms with Gasteiger partial charge in [-0.3, -0.25) is 19.8 Å². The second kappa shape index (κ2) is 6.53. The quantitative estimate of drug-likeness (QED) is 0.612. The molecular formula is C14H20N4O3. The molecule has 114 valence electrons. The number of amides is 1. The van der Waals surface area contributed by atoms with E-state index in [1.165, 1.54) is 31.0 Å². The number of nitrogens with one attached hydrogen (secondary N) is 1. The van der Waals surface area contributed by atoms with E-state index in [0.717, 1.165) is 13.1 Å². The molecule has 1 fully saturated rings. The molecule has 1 aromatic rings. The van der Waals surface area contributed by atoms with E-state index in [9.17, 15) is 14.9 Å². The first-order valence-electron chi connectivity index (χ1n) is 7.05. The SMILES string of the molecule is CC(CNc1cc(C(N)=O)ccc1[N+](=O)[O-])N1CCCC1. The lowest BCUT2D eigenvalue weighted by Crippen LogP contribution is -2.35. The number of rotatable bonds is 6. The fourth-order valence-corrected chi connectivity index (χ4v) is 2.56. The highest BCUT2D eigenvalue weighted by Crippen LogP contribution is 2.25. The van der Waals surface area contributed by atoms with E-state index in [1.807, 2.05) is 0 Å². The van der Waals surface area contributed by atoms with Gasteiger partial charge in [0.15, 0.2) is 0 Å². The molecule has 0 aromatic heterocycles. The highest BCUT2D eigenvalue weighted by Gasteiger charge is 2.20. The summed E-state index contributed by atoms with van der Waals surface area (Å²) in [4.78, 5) is 24.1. The lowest BCUT2D eigenvalue weighted by atomic mass is 10.1. The Labute approximate surface area is 123 Å². The van der Waals surface area contributed by atoms with Crippen molar-refractivity contribution >= 4 is 17.3 Å². The molecule has 0 bridgehead atoms. The smallest absolute Gasteiger partial charge is 0.292 e. The Kier molecular flexibility index (Phi) is 4.74. The van der Waals surface area contributed by atoms with Crippen molar-refractivity contribution in [2.24, 2.45) is 5.73 Å². The lowest BCUT2D eigenvalue weighted by molar-refractivity contribution is -0.384. The fourth-order valence-electron chi connectivity index (χ4n) is 2.56. The van der Waals surface area contributed by atoms with Crippen LogP contribution in [0, 0.1) is 10.1 Å². The maximum Gasteiger partial charge on any atom is 0.292 e. The summed E-state index contributed by atoms with van der Waals surface area (Å²) in [5.74, 6) is -0.597. The van der Waals surface area contributed by atoms with Gasteiger partial charge >= 0.3 is 0 Å². The molecule has 1 heterocycles. The van der Waals surface area contributed by atoms with Gasteiger partial charge in [-0.15, -0.1) is 0 Å². The molecule has 0 spiro atoms. The van der Waals surface area contributed by atoms with Crippen LogP contribution in [0.15, 0.2) is 18.2 Å². The summed E-state index contributed by atoms with van der Waals surface area (Å²) >= 11 is 0. The Morgan fingerprint density at radius 3 is 2.71 bits per heavy atom. The van der Waals surface area contributed by atoms with E-state index in [1.54, 1.807) is 0 Å². The number of primary amides is 1. The average Bonchev–Trinajstić information content (AvgIpc) is 2.98. The van der Waals surface area contributed by atoms with Crippen LogP contribution in [0.5, 0.6) is 0 Å². The van der Waals surface area contributed by atoms with E-state index in [2.05, 4.69) is 17.1 Å². The van der Waals surface area contributed by atoms with Crippen LogP contribution < -0.4 is 11.1 Å². The molecule has 1 aliphatic rings. The highest BCUT2D eigenvalue weighted by atomic mass is 16.6. The summed E-state index contributed by atoms with van der Waals surface area (Å²) in [5.41, 5.74) is 5.77. The van der Waals surface area contributed by atoms with Crippen LogP contribution in [-0.4, -0.2) is 41.4 Å². The van der Waals surface area contributed by atoms with Gasteiger partial charge in [0, 0.05) is 24.2 Å². The summed E-state index contributed by atoms with van der Waals surface area (Å²) in [6, 6.07) is 4.40. The van der Waals surface area contributed by atoms with Crippen LogP contribution in [0.25, 0.3) is 0 Å². The number of hydrogen-bond donors (Lipinski definition) is 2. The van der Waals surface area contributed by atoms with Crippen molar-refractivity contribution in [3.63, 3.8) is 0 Å². The van der Waals surface area contributed by atoms with Crippen LogP contribution in [0.1, 0.15) is 30.1 Å². The zero-order valence-electron chi connectivity index (χ0n) is 12.0. The minimum Gasteiger partial charge on any atom is -0.378 e. The van der Waals surface area contributed by atoms with Gasteiger partial charge in [0.2, 0.25) is 5.91 Å². The van der Waals surface area contributed by atoms with E-state index < -0.39 is 10.8 Å². The molecule has 1 saturated heterocycles. The number of nitro groups is 1. The van der Waals surface area contributed by atoms with E-state index in [-0.39, 0.29) is 17.3 Å². The Balaban J connectivity index is 2.11. The molecule has 0 saturated carbocycles. The monoisotopic (exact) mass is 292 g/mol. The van der Waals surface area contributed by atoms with Gasteiger partial charge in [0.25, 0.3) is 5.69 Å². The van der Waals surface area contributed by atoms with Gasteiger partial charge in [-0.05, 0) is 45.0 Å². The maximum absolute atomic E-state index is 11.2. The summed E-state index contributed by atoms with van der Waals surface area (Å²) < 4.78 is 0. The first kappa shape index (κ1) is 15.2. The number of nitrogens with zero attached hydrogens (tertiary/aromatic N) is 2. The van der Waals surface area contributed by atoms with Crippen molar-refractivity contribution in [3.8, 4) is 0 Å². The van der Waals surface area contributed by atoms with E-state index >= 15 is 0 Å². The van der Waals surface area contributed by atoms with Crippen LogP contribution in [-0.2, 0) is 0 Å². The van der Waals surface area contributed by atoms with Crippen LogP contribution in [0.2, 0.25) is 0 Å². The van der Waals surface area contributed by atoms with Crippen LogP contribution >= 0.6 is 0 Å². The minimum absolute atomic E-state index is 0.0476. The predicted octanol–water partition coefficient (Wildman–Crippen LogP) is 1.59. The Morgan fingerprint density at radius 1 is 1.48 bits per heavy atom. The number of anilines is 1. The molecular weight excluding hydrogens is 272 g/mol. The summed E-state index contributed by atoms with van der Waals surface area (Å²) in [7, 11) is 0. The molecule has 0 radical (unpaired) electrons. The third-order valence-electron chi connectivity index (χ3n) is 3.83. The molecule has 0 aliphatic carbocycles. The number of likely N-dealkylation sites (tertiary alicyclic amines) is 1. The minimum atomic E-state index is -0.597. The molecule has 7 nitrogen and oxygen atoms in total. The second-order valence-electron chi connectivity index (χ2n) is 5.33. The van der Waals surface area contributed by atoms with Gasteiger partial charge in [0.1, 0.15) is 5.69 Å². The van der Waals surface area contributed by atoms with Crippen LogP contribution in [0.3, 0.4) is 0 Å². The first-order valence-corrected chi connectivity index (χ1v) is 7.05. The molecule has 1 aromatic carbocycles. The molecule has 1 amide bonds. The molecule has 1 atom stereocenters. The zero-order valence-corrected chi connectivity index (χ0v) is 12.0. The number of carbonyl (C=O) groups excluding carboxylic acids is 1.